The number of nitrogens with zero attached hydrogens (tertiary/aromatic N) is 1. The molecule has 2 N–H and O–H groups in total. The van der Waals surface area contributed by atoms with Gasteiger partial charge in [-0.15, -0.1) is 0 Å². The standard InChI is InChI=1S/C11H21N3O2/c1-12-11(16)13-7-5-9-14-8-4-2-3-6-10(14)15/h2-9H2,1H3,(H2,12,13,16). The summed E-state index contributed by atoms with van der Waals surface area (Å²) in [5.41, 5.74) is 0. The zero-order valence-corrected chi connectivity index (χ0v) is 9.92. The van der Waals surface area contributed by atoms with Crippen LogP contribution in [0.2, 0.25) is 0 Å². The highest BCUT2D eigenvalue weighted by molar-refractivity contribution is 5.76. The molecule has 92 valence electrons. The molecule has 1 rings (SSSR count). The summed E-state index contributed by atoms with van der Waals surface area (Å²) in [4.78, 5) is 24.4. The Labute approximate surface area is 96.6 Å². The molecule has 1 saturated heterocycles. The van der Waals surface area contributed by atoms with Crippen molar-refractivity contribution in [3.63, 3.8) is 0 Å². The summed E-state index contributed by atoms with van der Waals surface area (Å²) in [7, 11) is 1.59. The van der Waals surface area contributed by atoms with Crippen molar-refractivity contribution in [2.75, 3.05) is 26.7 Å². The quantitative estimate of drug-likeness (QED) is 0.695. The fourth-order valence-corrected chi connectivity index (χ4v) is 1.84. The molecule has 0 spiro atoms. The lowest BCUT2D eigenvalue weighted by Crippen LogP contribution is -2.36. The van der Waals surface area contributed by atoms with Crippen LogP contribution in [0, 0.1) is 0 Å². The second-order valence-corrected chi connectivity index (χ2v) is 4.05. The third-order valence-corrected chi connectivity index (χ3v) is 2.79. The molecule has 0 aromatic rings. The summed E-state index contributed by atoms with van der Waals surface area (Å²) in [5.74, 6) is 0.262. The summed E-state index contributed by atoms with van der Waals surface area (Å²) in [6, 6.07) is -0.165. The number of hydrogen-bond acceptors (Lipinski definition) is 2. The van der Waals surface area contributed by atoms with E-state index in [9.17, 15) is 9.59 Å². The van der Waals surface area contributed by atoms with Gasteiger partial charge in [0.25, 0.3) is 0 Å². The summed E-state index contributed by atoms with van der Waals surface area (Å²) in [6.07, 6.45) is 4.78. The molecule has 1 heterocycles. The van der Waals surface area contributed by atoms with Gasteiger partial charge < -0.3 is 15.5 Å². The third-order valence-electron chi connectivity index (χ3n) is 2.79. The van der Waals surface area contributed by atoms with Crippen molar-refractivity contribution < 1.29 is 9.59 Å². The normalized spacial score (nSPS) is 16.8. The molecular formula is C11H21N3O2. The number of carbonyl (C=O) groups is 2. The molecule has 0 radical (unpaired) electrons. The van der Waals surface area contributed by atoms with Crippen LogP contribution in [0.4, 0.5) is 4.79 Å². The lowest BCUT2D eigenvalue weighted by Gasteiger charge is -2.20. The first-order valence-electron chi connectivity index (χ1n) is 5.97. The van der Waals surface area contributed by atoms with Crippen LogP contribution >= 0.6 is 0 Å². The van der Waals surface area contributed by atoms with Gasteiger partial charge in [0.05, 0.1) is 0 Å². The number of nitrogens with one attached hydrogen (secondary N) is 2. The Hall–Kier alpha value is -1.26. The predicted octanol–water partition coefficient (Wildman–Crippen LogP) is 0.708. The van der Waals surface area contributed by atoms with Crippen molar-refractivity contribution in [1.82, 2.24) is 15.5 Å². The molecule has 0 bridgehead atoms. The van der Waals surface area contributed by atoms with Crippen molar-refractivity contribution in [3.05, 3.63) is 0 Å². The zero-order chi connectivity index (χ0) is 11.8. The predicted molar refractivity (Wildman–Crippen MR) is 62.1 cm³/mol. The van der Waals surface area contributed by atoms with Gasteiger partial charge in [-0.2, -0.15) is 0 Å². The Bertz CT molecular complexity index is 243. The van der Waals surface area contributed by atoms with E-state index in [2.05, 4.69) is 10.6 Å². The maximum Gasteiger partial charge on any atom is 0.314 e. The molecule has 5 nitrogen and oxygen atoms in total. The second-order valence-electron chi connectivity index (χ2n) is 4.05. The average molecular weight is 227 g/mol. The van der Waals surface area contributed by atoms with Crippen molar-refractivity contribution in [1.29, 1.82) is 0 Å². The Kier molecular flexibility index (Phi) is 5.67. The van der Waals surface area contributed by atoms with Gasteiger partial charge >= 0.3 is 6.03 Å². The minimum Gasteiger partial charge on any atom is -0.343 e. The first-order chi connectivity index (χ1) is 7.74. The molecule has 1 aliphatic rings. The van der Waals surface area contributed by atoms with Gasteiger partial charge in [-0.05, 0) is 19.3 Å². The zero-order valence-electron chi connectivity index (χ0n) is 9.92. The Balaban J connectivity index is 2.15. The Morgan fingerprint density at radius 1 is 1.38 bits per heavy atom. The molecule has 0 saturated carbocycles. The smallest absolute Gasteiger partial charge is 0.314 e. The van der Waals surface area contributed by atoms with Gasteiger partial charge in [-0.1, -0.05) is 6.42 Å². The van der Waals surface area contributed by atoms with Crippen LogP contribution in [-0.4, -0.2) is 43.5 Å². The number of carbonyl (C=O) groups excluding carboxylic acids is 2. The van der Waals surface area contributed by atoms with Crippen LogP contribution in [0.1, 0.15) is 32.1 Å². The van der Waals surface area contributed by atoms with E-state index in [1.54, 1.807) is 7.05 Å². The van der Waals surface area contributed by atoms with E-state index in [1.807, 2.05) is 4.90 Å². The molecule has 16 heavy (non-hydrogen) atoms. The van der Waals surface area contributed by atoms with Crippen molar-refractivity contribution in [3.8, 4) is 0 Å². The van der Waals surface area contributed by atoms with E-state index in [-0.39, 0.29) is 11.9 Å². The second kappa shape index (κ2) is 7.09. The fraction of sp³-hybridized carbons (Fsp3) is 0.818. The van der Waals surface area contributed by atoms with E-state index in [0.29, 0.717) is 13.0 Å². The van der Waals surface area contributed by atoms with Crippen LogP contribution in [0.5, 0.6) is 0 Å². The van der Waals surface area contributed by atoms with Gasteiger partial charge in [0.1, 0.15) is 0 Å². The highest BCUT2D eigenvalue weighted by atomic mass is 16.2. The molecule has 0 unspecified atom stereocenters. The van der Waals surface area contributed by atoms with Gasteiger partial charge in [0.15, 0.2) is 0 Å². The third kappa shape index (κ3) is 4.51. The number of likely N-dealkylation sites (tertiary alicyclic amines) is 1. The molecule has 1 aliphatic heterocycles. The van der Waals surface area contributed by atoms with E-state index in [1.165, 1.54) is 0 Å². The number of hydrogen-bond donors (Lipinski definition) is 2. The van der Waals surface area contributed by atoms with Crippen LogP contribution < -0.4 is 10.6 Å². The number of rotatable bonds is 4. The van der Waals surface area contributed by atoms with Crippen LogP contribution in [0.3, 0.4) is 0 Å². The van der Waals surface area contributed by atoms with Crippen LogP contribution in [-0.2, 0) is 4.79 Å². The average Bonchev–Trinajstić information content (AvgIpc) is 2.49. The maximum atomic E-state index is 11.6. The minimum absolute atomic E-state index is 0.165. The monoisotopic (exact) mass is 227 g/mol. The van der Waals surface area contributed by atoms with Gasteiger partial charge in [0, 0.05) is 33.1 Å². The van der Waals surface area contributed by atoms with E-state index in [0.717, 1.165) is 38.8 Å². The van der Waals surface area contributed by atoms with Gasteiger partial charge in [0.2, 0.25) is 5.91 Å². The van der Waals surface area contributed by atoms with Crippen LogP contribution in [0.15, 0.2) is 0 Å². The molecule has 0 aliphatic carbocycles. The molecular weight excluding hydrogens is 206 g/mol. The molecule has 1 fully saturated rings. The largest absolute Gasteiger partial charge is 0.343 e. The van der Waals surface area contributed by atoms with E-state index in [4.69, 9.17) is 0 Å². The summed E-state index contributed by atoms with van der Waals surface area (Å²) >= 11 is 0. The SMILES string of the molecule is CNC(=O)NCCCN1CCCCCC1=O. The van der Waals surface area contributed by atoms with Crippen molar-refractivity contribution in [2.45, 2.75) is 32.1 Å². The molecule has 0 aromatic heterocycles. The van der Waals surface area contributed by atoms with Crippen molar-refractivity contribution in [2.24, 2.45) is 0 Å². The van der Waals surface area contributed by atoms with Gasteiger partial charge in [-0.25, -0.2) is 4.79 Å². The Morgan fingerprint density at radius 3 is 2.94 bits per heavy atom. The first kappa shape index (κ1) is 12.8. The van der Waals surface area contributed by atoms with Gasteiger partial charge in [-0.3, -0.25) is 4.79 Å². The molecule has 5 heteroatoms. The fourth-order valence-electron chi connectivity index (χ4n) is 1.84. The van der Waals surface area contributed by atoms with Crippen molar-refractivity contribution >= 4 is 11.9 Å². The summed E-state index contributed by atoms with van der Waals surface area (Å²) < 4.78 is 0. The number of amides is 3. The Morgan fingerprint density at radius 2 is 2.19 bits per heavy atom. The highest BCUT2D eigenvalue weighted by Crippen LogP contribution is 2.10. The molecule has 0 aromatic carbocycles. The minimum atomic E-state index is -0.165. The molecule has 0 atom stereocenters. The first-order valence-corrected chi connectivity index (χ1v) is 5.97. The van der Waals surface area contributed by atoms with E-state index >= 15 is 0 Å². The van der Waals surface area contributed by atoms with E-state index < -0.39 is 0 Å². The maximum absolute atomic E-state index is 11.6. The topological polar surface area (TPSA) is 61.4 Å². The molecule has 3 amide bonds. The summed E-state index contributed by atoms with van der Waals surface area (Å²) in [6.45, 7) is 2.24. The lowest BCUT2D eigenvalue weighted by molar-refractivity contribution is -0.130. The van der Waals surface area contributed by atoms with Crippen LogP contribution in [0.25, 0.3) is 0 Å². The highest BCUT2D eigenvalue weighted by Gasteiger charge is 2.15. The number of urea groups is 1. The lowest BCUT2D eigenvalue weighted by atomic mass is 10.2. The summed E-state index contributed by atoms with van der Waals surface area (Å²) in [5, 5.41) is 5.21.